The molecule has 4 heteroatoms. The van der Waals surface area contributed by atoms with Gasteiger partial charge in [-0.2, -0.15) is 0 Å². The summed E-state index contributed by atoms with van der Waals surface area (Å²) in [6.07, 6.45) is 1.05. The number of hydrogen-bond donors (Lipinski definition) is 1. The Labute approximate surface area is 119 Å². The predicted octanol–water partition coefficient (Wildman–Crippen LogP) is 2.89. The standard InChI is InChI=1S/C14H23BrN2O/c1-4-16-11-12-10-13(6-7-14(12)15)18-9-5-8-17(2)3/h6-7,10,16H,4-5,8-9,11H2,1-3H3. The molecular weight excluding hydrogens is 292 g/mol. The molecule has 0 amide bonds. The second kappa shape index (κ2) is 8.51. The van der Waals surface area contributed by atoms with Gasteiger partial charge < -0.3 is 15.0 Å². The van der Waals surface area contributed by atoms with Crippen LogP contribution in [-0.2, 0) is 6.54 Å². The predicted molar refractivity (Wildman–Crippen MR) is 80.2 cm³/mol. The molecule has 0 fully saturated rings. The minimum Gasteiger partial charge on any atom is -0.494 e. The van der Waals surface area contributed by atoms with E-state index in [-0.39, 0.29) is 0 Å². The molecule has 0 saturated carbocycles. The molecule has 18 heavy (non-hydrogen) atoms. The van der Waals surface area contributed by atoms with E-state index in [1.807, 2.05) is 12.1 Å². The summed E-state index contributed by atoms with van der Waals surface area (Å²) in [7, 11) is 4.16. The highest BCUT2D eigenvalue weighted by atomic mass is 79.9. The lowest BCUT2D eigenvalue weighted by Gasteiger charge is -2.12. The van der Waals surface area contributed by atoms with Crippen LogP contribution in [0.15, 0.2) is 22.7 Å². The van der Waals surface area contributed by atoms with Gasteiger partial charge in [0.2, 0.25) is 0 Å². The van der Waals surface area contributed by atoms with Gasteiger partial charge in [-0.05, 0) is 50.8 Å². The molecule has 0 bridgehead atoms. The summed E-state index contributed by atoms with van der Waals surface area (Å²) in [4.78, 5) is 2.17. The minimum atomic E-state index is 0.764. The first kappa shape index (κ1) is 15.5. The lowest BCUT2D eigenvalue weighted by atomic mass is 10.2. The maximum absolute atomic E-state index is 5.76. The molecule has 1 aromatic rings. The summed E-state index contributed by atoms with van der Waals surface area (Å²) < 4.78 is 6.89. The summed E-state index contributed by atoms with van der Waals surface area (Å²) in [5.74, 6) is 0.949. The molecule has 0 saturated heterocycles. The van der Waals surface area contributed by atoms with Crippen LogP contribution in [0.25, 0.3) is 0 Å². The molecular formula is C14H23BrN2O. The van der Waals surface area contributed by atoms with Crippen molar-refractivity contribution in [2.45, 2.75) is 19.9 Å². The number of benzene rings is 1. The second-order valence-corrected chi connectivity index (χ2v) is 5.39. The normalized spacial score (nSPS) is 10.9. The van der Waals surface area contributed by atoms with Crippen molar-refractivity contribution < 1.29 is 4.74 Å². The molecule has 0 unspecified atom stereocenters. The smallest absolute Gasteiger partial charge is 0.119 e. The average Bonchev–Trinajstić information content (AvgIpc) is 2.34. The van der Waals surface area contributed by atoms with E-state index in [0.717, 1.165) is 42.9 Å². The Hall–Kier alpha value is -0.580. The molecule has 3 nitrogen and oxygen atoms in total. The molecule has 0 radical (unpaired) electrons. The van der Waals surface area contributed by atoms with Crippen LogP contribution in [0.4, 0.5) is 0 Å². The Balaban J connectivity index is 2.45. The molecule has 1 aromatic carbocycles. The molecule has 0 aliphatic carbocycles. The van der Waals surface area contributed by atoms with Gasteiger partial charge in [0, 0.05) is 17.6 Å². The fraction of sp³-hybridized carbons (Fsp3) is 0.571. The van der Waals surface area contributed by atoms with Gasteiger partial charge in [-0.3, -0.25) is 0 Å². The van der Waals surface area contributed by atoms with E-state index >= 15 is 0 Å². The molecule has 0 heterocycles. The van der Waals surface area contributed by atoms with Crippen LogP contribution < -0.4 is 10.1 Å². The van der Waals surface area contributed by atoms with E-state index in [1.54, 1.807) is 0 Å². The third-order valence-electron chi connectivity index (χ3n) is 2.60. The average molecular weight is 315 g/mol. The fourth-order valence-corrected chi connectivity index (χ4v) is 1.99. The zero-order valence-corrected chi connectivity index (χ0v) is 13.1. The van der Waals surface area contributed by atoms with Crippen molar-refractivity contribution in [2.75, 3.05) is 33.8 Å². The van der Waals surface area contributed by atoms with E-state index in [4.69, 9.17) is 4.74 Å². The third kappa shape index (κ3) is 5.85. The van der Waals surface area contributed by atoms with Crippen LogP contribution in [0, 0.1) is 0 Å². The van der Waals surface area contributed by atoms with E-state index in [1.165, 1.54) is 5.56 Å². The van der Waals surface area contributed by atoms with Crippen molar-refractivity contribution in [2.24, 2.45) is 0 Å². The largest absolute Gasteiger partial charge is 0.494 e. The lowest BCUT2D eigenvalue weighted by Crippen LogP contribution is -2.15. The number of ether oxygens (including phenoxy) is 1. The van der Waals surface area contributed by atoms with Crippen LogP contribution in [0.2, 0.25) is 0 Å². The first-order chi connectivity index (χ1) is 8.63. The molecule has 1 N–H and O–H groups in total. The van der Waals surface area contributed by atoms with Crippen molar-refractivity contribution in [1.29, 1.82) is 0 Å². The Kier molecular flexibility index (Phi) is 7.32. The lowest BCUT2D eigenvalue weighted by molar-refractivity contribution is 0.281. The molecule has 0 spiro atoms. The summed E-state index contributed by atoms with van der Waals surface area (Å²) >= 11 is 3.56. The highest BCUT2D eigenvalue weighted by Crippen LogP contribution is 2.22. The van der Waals surface area contributed by atoms with Crippen LogP contribution in [0.3, 0.4) is 0 Å². The van der Waals surface area contributed by atoms with Gasteiger partial charge in [-0.1, -0.05) is 22.9 Å². The van der Waals surface area contributed by atoms with Crippen LogP contribution >= 0.6 is 15.9 Å². The van der Waals surface area contributed by atoms with E-state index < -0.39 is 0 Å². The van der Waals surface area contributed by atoms with Gasteiger partial charge in [0.1, 0.15) is 5.75 Å². The van der Waals surface area contributed by atoms with Crippen molar-refractivity contribution in [1.82, 2.24) is 10.2 Å². The van der Waals surface area contributed by atoms with Gasteiger partial charge in [0.15, 0.2) is 0 Å². The number of rotatable bonds is 8. The van der Waals surface area contributed by atoms with Gasteiger partial charge in [0.25, 0.3) is 0 Å². The van der Waals surface area contributed by atoms with Crippen molar-refractivity contribution >= 4 is 15.9 Å². The zero-order valence-electron chi connectivity index (χ0n) is 11.5. The quantitative estimate of drug-likeness (QED) is 0.747. The summed E-state index contributed by atoms with van der Waals surface area (Å²) in [5.41, 5.74) is 1.24. The van der Waals surface area contributed by atoms with Gasteiger partial charge in [0.05, 0.1) is 6.61 Å². The first-order valence-electron chi connectivity index (χ1n) is 6.40. The van der Waals surface area contributed by atoms with Crippen molar-refractivity contribution in [3.8, 4) is 5.75 Å². The summed E-state index contributed by atoms with van der Waals surface area (Å²) in [5, 5.41) is 3.32. The SMILES string of the molecule is CCNCc1cc(OCCCN(C)C)ccc1Br. The first-order valence-corrected chi connectivity index (χ1v) is 7.19. The number of halogens is 1. The van der Waals surface area contributed by atoms with Crippen LogP contribution in [0.1, 0.15) is 18.9 Å². The van der Waals surface area contributed by atoms with Crippen LogP contribution in [-0.4, -0.2) is 38.7 Å². The maximum Gasteiger partial charge on any atom is 0.119 e. The highest BCUT2D eigenvalue weighted by Gasteiger charge is 2.02. The molecule has 102 valence electrons. The zero-order chi connectivity index (χ0) is 13.4. The van der Waals surface area contributed by atoms with Crippen molar-refractivity contribution in [3.05, 3.63) is 28.2 Å². The summed E-state index contributed by atoms with van der Waals surface area (Å²) in [6, 6.07) is 6.16. The maximum atomic E-state index is 5.76. The number of hydrogen-bond acceptors (Lipinski definition) is 3. The summed E-state index contributed by atoms with van der Waals surface area (Å²) in [6.45, 7) is 5.77. The monoisotopic (exact) mass is 314 g/mol. The van der Waals surface area contributed by atoms with E-state index in [2.05, 4.69) is 53.2 Å². The molecule has 0 aliphatic rings. The van der Waals surface area contributed by atoms with Crippen molar-refractivity contribution in [3.63, 3.8) is 0 Å². The number of nitrogens with one attached hydrogen (secondary N) is 1. The molecule has 1 rings (SSSR count). The Morgan fingerprint density at radius 2 is 2.11 bits per heavy atom. The van der Waals surface area contributed by atoms with Crippen LogP contribution in [0.5, 0.6) is 5.75 Å². The Bertz CT molecular complexity index is 356. The second-order valence-electron chi connectivity index (χ2n) is 4.54. The number of nitrogens with zero attached hydrogens (tertiary/aromatic N) is 1. The molecule has 0 atom stereocenters. The van der Waals surface area contributed by atoms with Gasteiger partial charge in [-0.25, -0.2) is 0 Å². The molecule has 0 aromatic heterocycles. The third-order valence-corrected chi connectivity index (χ3v) is 3.37. The van der Waals surface area contributed by atoms with Gasteiger partial charge in [-0.15, -0.1) is 0 Å². The highest BCUT2D eigenvalue weighted by molar-refractivity contribution is 9.10. The minimum absolute atomic E-state index is 0.764. The van der Waals surface area contributed by atoms with Gasteiger partial charge >= 0.3 is 0 Å². The fourth-order valence-electron chi connectivity index (χ4n) is 1.61. The Morgan fingerprint density at radius 1 is 1.33 bits per heavy atom. The van der Waals surface area contributed by atoms with E-state index in [0.29, 0.717) is 0 Å². The van der Waals surface area contributed by atoms with E-state index in [9.17, 15) is 0 Å². The Morgan fingerprint density at radius 3 is 2.78 bits per heavy atom. The topological polar surface area (TPSA) is 24.5 Å². The molecule has 0 aliphatic heterocycles.